The van der Waals surface area contributed by atoms with Crippen LogP contribution in [0.3, 0.4) is 0 Å². The number of hydrogen-bond donors (Lipinski definition) is 1. The minimum atomic E-state index is -0.118. The lowest BCUT2D eigenvalue weighted by molar-refractivity contribution is 0.955. The Balaban J connectivity index is 2.68. The number of nitrogens with zero attached hydrogens (tertiary/aromatic N) is 1. The Morgan fingerprint density at radius 1 is 1.44 bits per heavy atom. The van der Waals surface area contributed by atoms with Crippen molar-refractivity contribution in [3.8, 4) is 11.4 Å². The number of rotatable bonds is 2. The Kier molecular flexibility index (Phi) is 3.88. The predicted molar refractivity (Wildman–Crippen MR) is 77.1 cm³/mol. The van der Waals surface area contributed by atoms with Crippen LogP contribution in [-0.4, -0.2) is 9.97 Å². The van der Waals surface area contributed by atoms with Crippen LogP contribution in [0, 0.1) is 6.92 Å². The van der Waals surface area contributed by atoms with E-state index in [0.29, 0.717) is 22.8 Å². The molecule has 1 aromatic heterocycles. The van der Waals surface area contributed by atoms with Crippen molar-refractivity contribution in [3.63, 3.8) is 0 Å². The Morgan fingerprint density at radius 2 is 2.17 bits per heavy atom. The first kappa shape index (κ1) is 13.3. The number of aryl methyl sites for hydroxylation is 1. The third-order valence-corrected chi connectivity index (χ3v) is 3.59. The van der Waals surface area contributed by atoms with Gasteiger partial charge in [-0.15, -0.1) is 0 Å². The SMILES string of the molecule is CCc1nc(-c2cc(Br)ccc2Cl)[nH]c(=O)c1C. The van der Waals surface area contributed by atoms with E-state index in [1.54, 1.807) is 13.0 Å². The molecular formula is C13H12BrClN2O. The van der Waals surface area contributed by atoms with Crippen molar-refractivity contribution in [1.82, 2.24) is 9.97 Å². The second kappa shape index (κ2) is 5.24. The summed E-state index contributed by atoms with van der Waals surface area (Å²) in [5, 5.41) is 0.562. The topological polar surface area (TPSA) is 45.8 Å². The van der Waals surface area contributed by atoms with Crippen LogP contribution >= 0.6 is 27.5 Å². The second-order valence-electron chi connectivity index (χ2n) is 3.96. The van der Waals surface area contributed by atoms with Crippen molar-refractivity contribution in [2.75, 3.05) is 0 Å². The van der Waals surface area contributed by atoms with Gasteiger partial charge in [-0.1, -0.05) is 34.5 Å². The van der Waals surface area contributed by atoms with E-state index >= 15 is 0 Å². The van der Waals surface area contributed by atoms with Gasteiger partial charge in [0.1, 0.15) is 5.82 Å². The highest BCUT2D eigenvalue weighted by Crippen LogP contribution is 2.28. The van der Waals surface area contributed by atoms with E-state index in [4.69, 9.17) is 11.6 Å². The van der Waals surface area contributed by atoms with E-state index in [9.17, 15) is 4.79 Å². The monoisotopic (exact) mass is 326 g/mol. The van der Waals surface area contributed by atoms with E-state index in [1.807, 2.05) is 19.1 Å². The predicted octanol–water partition coefficient (Wildman–Crippen LogP) is 3.72. The Labute approximate surface area is 118 Å². The molecular weight excluding hydrogens is 316 g/mol. The molecule has 0 aliphatic heterocycles. The van der Waals surface area contributed by atoms with Crippen molar-refractivity contribution in [1.29, 1.82) is 0 Å². The summed E-state index contributed by atoms with van der Waals surface area (Å²) in [4.78, 5) is 19.1. The molecule has 2 rings (SSSR count). The lowest BCUT2D eigenvalue weighted by atomic mass is 10.1. The maximum atomic E-state index is 11.8. The normalized spacial score (nSPS) is 10.7. The Hall–Kier alpha value is -1.13. The number of aromatic nitrogens is 2. The van der Waals surface area contributed by atoms with Gasteiger partial charge in [-0.2, -0.15) is 0 Å². The minimum absolute atomic E-state index is 0.118. The van der Waals surface area contributed by atoms with E-state index in [-0.39, 0.29) is 5.56 Å². The molecule has 0 aliphatic rings. The summed E-state index contributed by atoms with van der Waals surface area (Å²) >= 11 is 9.52. The molecule has 0 atom stereocenters. The lowest BCUT2D eigenvalue weighted by Gasteiger charge is -2.08. The summed E-state index contributed by atoms with van der Waals surface area (Å²) in [5.74, 6) is 0.508. The fourth-order valence-electron chi connectivity index (χ4n) is 1.73. The number of H-pyrrole nitrogens is 1. The highest BCUT2D eigenvalue weighted by molar-refractivity contribution is 9.10. The van der Waals surface area contributed by atoms with Gasteiger partial charge >= 0.3 is 0 Å². The fraction of sp³-hybridized carbons (Fsp3) is 0.231. The van der Waals surface area contributed by atoms with Gasteiger partial charge in [-0.05, 0) is 31.5 Å². The summed E-state index contributed by atoms with van der Waals surface area (Å²) in [6.07, 6.45) is 0.717. The van der Waals surface area contributed by atoms with Crippen LogP contribution < -0.4 is 5.56 Å². The molecule has 0 spiro atoms. The molecule has 2 aromatic rings. The molecule has 0 aliphatic carbocycles. The third kappa shape index (κ3) is 2.49. The van der Waals surface area contributed by atoms with Gasteiger partial charge in [0.25, 0.3) is 5.56 Å². The molecule has 1 heterocycles. The Morgan fingerprint density at radius 3 is 2.83 bits per heavy atom. The molecule has 3 nitrogen and oxygen atoms in total. The summed E-state index contributed by atoms with van der Waals surface area (Å²) in [6, 6.07) is 5.46. The molecule has 0 unspecified atom stereocenters. The van der Waals surface area contributed by atoms with E-state index in [0.717, 1.165) is 15.7 Å². The van der Waals surface area contributed by atoms with Gasteiger partial charge in [-0.25, -0.2) is 4.98 Å². The molecule has 1 aromatic carbocycles. The highest BCUT2D eigenvalue weighted by Gasteiger charge is 2.10. The number of hydrogen-bond acceptors (Lipinski definition) is 2. The Bertz CT molecular complexity index is 652. The zero-order chi connectivity index (χ0) is 13.3. The minimum Gasteiger partial charge on any atom is -0.306 e. The molecule has 0 bridgehead atoms. The largest absolute Gasteiger partial charge is 0.306 e. The van der Waals surface area contributed by atoms with Crippen LogP contribution in [0.1, 0.15) is 18.2 Å². The summed E-state index contributed by atoms with van der Waals surface area (Å²) in [6.45, 7) is 3.75. The van der Waals surface area contributed by atoms with Crippen molar-refractivity contribution in [3.05, 3.63) is 49.3 Å². The fourth-order valence-corrected chi connectivity index (χ4v) is 2.30. The number of nitrogens with one attached hydrogen (secondary N) is 1. The van der Waals surface area contributed by atoms with Crippen molar-refractivity contribution < 1.29 is 0 Å². The molecule has 1 N–H and O–H groups in total. The van der Waals surface area contributed by atoms with Gasteiger partial charge in [0.05, 0.1) is 10.7 Å². The van der Waals surface area contributed by atoms with Crippen LogP contribution in [0.2, 0.25) is 5.02 Å². The van der Waals surface area contributed by atoms with Gasteiger partial charge in [0, 0.05) is 15.6 Å². The number of benzene rings is 1. The van der Waals surface area contributed by atoms with Crippen LogP contribution in [0.25, 0.3) is 11.4 Å². The second-order valence-corrected chi connectivity index (χ2v) is 5.29. The van der Waals surface area contributed by atoms with E-state index < -0.39 is 0 Å². The van der Waals surface area contributed by atoms with Crippen LogP contribution in [0.5, 0.6) is 0 Å². The number of halogens is 2. The first-order chi connectivity index (χ1) is 8.52. The number of aromatic amines is 1. The first-order valence-corrected chi connectivity index (χ1v) is 6.75. The lowest BCUT2D eigenvalue weighted by Crippen LogP contribution is -2.15. The van der Waals surface area contributed by atoms with Crippen LogP contribution in [0.4, 0.5) is 0 Å². The maximum absolute atomic E-state index is 11.8. The quantitative estimate of drug-likeness (QED) is 0.913. The van der Waals surface area contributed by atoms with Crippen molar-refractivity contribution in [2.24, 2.45) is 0 Å². The highest BCUT2D eigenvalue weighted by atomic mass is 79.9. The molecule has 0 saturated carbocycles. The van der Waals surface area contributed by atoms with Gasteiger partial charge < -0.3 is 4.98 Å². The molecule has 0 fully saturated rings. The van der Waals surface area contributed by atoms with Gasteiger partial charge in [-0.3, -0.25) is 4.79 Å². The smallest absolute Gasteiger partial charge is 0.254 e. The van der Waals surface area contributed by atoms with E-state index in [2.05, 4.69) is 25.9 Å². The average Bonchev–Trinajstić information content (AvgIpc) is 2.35. The molecule has 0 radical (unpaired) electrons. The molecule has 18 heavy (non-hydrogen) atoms. The maximum Gasteiger partial charge on any atom is 0.254 e. The van der Waals surface area contributed by atoms with Gasteiger partial charge in [0.2, 0.25) is 0 Å². The van der Waals surface area contributed by atoms with Crippen LogP contribution in [0.15, 0.2) is 27.5 Å². The first-order valence-electron chi connectivity index (χ1n) is 5.58. The average molecular weight is 328 g/mol. The molecule has 0 saturated heterocycles. The summed E-state index contributed by atoms with van der Waals surface area (Å²) in [7, 11) is 0. The third-order valence-electron chi connectivity index (χ3n) is 2.77. The van der Waals surface area contributed by atoms with Gasteiger partial charge in [0.15, 0.2) is 0 Å². The standard InChI is InChI=1S/C13H12BrClN2O/c1-3-11-7(2)13(18)17-12(16-11)9-6-8(14)4-5-10(9)15/h4-6H,3H2,1-2H3,(H,16,17,18). The zero-order valence-electron chi connectivity index (χ0n) is 10.1. The van der Waals surface area contributed by atoms with Crippen molar-refractivity contribution in [2.45, 2.75) is 20.3 Å². The molecule has 94 valence electrons. The van der Waals surface area contributed by atoms with Crippen molar-refractivity contribution >= 4 is 27.5 Å². The molecule has 0 amide bonds. The summed E-state index contributed by atoms with van der Waals surface area (Å²) < 4.78 is 0.892. The van der Waals surface area contributed by atoms with Crippen LogP contribution in [-0.2, 0) is 6.42 Å². The molecule has 5 heteroatoms. The van der Waals surface area contributed by atoms with E-state index in [1.165, 1.54) is 0 Å². The summed E-state index contributed by atoms with van der Waals surface area (Å²) in [5.41, 5.74) is 2.06. The zero-order valence-corrected chi connectivity index (χ0v) is 12.4.